The Morgan fingerprint density at radius 2 is 1.46 bits per heavy atom. The van der Waals surface area contributed by atoms with E-state index in [1.165, 1.54) is 6.20 Å². The summed E-state index contributed by atoms with van der Waals surface area (Å²) in [7, 11) is 1.68. The maximum atomic E-state index is 13.5. The largest absolute Gasteiger partial charge is 0.483 e. The van der Waals surface area contributed by atoms with E-state index in [-0.39, 0.29) is 30.0 Å². The van der Waals surface area contributed by atoms with Gasteiger partial charge in [0, 0.05) is 25.7 Å². The molecule has 5 rings (SSSR count). The fourth-order valence-corrected chi connectivity index (χ4v) is 4.95. The van der Waals surface area contributed by atoms with Gasteiger partial charge < -0.3 is 19.3 Å². The number of likely N-dealkylation sites (N-methyl/N-ethyl adjacent to an activating group) is 1. The Morgan fingerprint density at radius 1 is 0.919 bits per heavy atom. The van der Waals surface area contributed by atoms with Crippen LogP contribution < -0.4 is 10.2 Å². The summed E-state index contributed by atoms with van der Waals surface area (Å²) in [5, 5.41) is 9.89. The van der Waals surface area contributed by atoms with Crippen molar-refractivity contribution >= 4 is 11.9 Å². The average molecular weight is 495 g/mol. The van der Waals surface area contributed by atoms with E-state index >= 15 is 0 Å². The number of carbonyl (C=O) groups excluding carboxylic acids is 1. The van der Waals surface area contributed by atoms with E-state index < -0.39 is 22.9 Å². The van der Waals surface area contributed by atoms with Gasteiger partial charge in [0.05, 0.1) is 6.04 Å². The number of carbonyl (C=O) groups is 2. The third-order valence-electron chi connectivity index (χ3n) is 6.72. The minimum Gasteiger partial charge on any atom is -0.483 e. The predicted octanol–water partition coefficient (Wildman–Crippen LogP) is 4.58. The van der Waals surface area contributed by atoms with Crippen LogP contribution in [0, 0.1) is 0 Å². The second-order valence-electron chi connectivity index (χ2n) is 9.09. The Bertz CT molecular complexity index is 1440. The highest BCUT2D eigenvalue weighted by molar-refractivity contribution is 5.97. The van der Waals surface area contributed by atoms with E-state index in [0.717, 1.165) is 16.7 Å². The first-order chi connectivity index (χ1) is 18.0. The Hall–Kier alpha value is -4.65. The van der Waals surface area contributed by atoms with Crippen molar-refractivity contribution in [2.24, 2.45) is 0 Å². The minimum atomic E-state index is -1.37. The quantitative estimate of drug-likeness (QED) is 0.406. The molecule has 7 heteroatoms. The molecule has 4 aromatic rings. The number of amides is 1. The molecule has 0 aliphatic carbocycles. The average Bonchev–Trinajstić information content (AvgIpc) is 2.92. The molecule has 0 unspecified atom stereocenters. The van der Waals surface area contributed by atoms with Gasteiger partial charge in [-0.25, -0.2) is 4.79 Å². The van der Waals surface area contributed by atoms with Crippen molar-refractivity contribution in [2.45, 2.75) is 18.6 Å². The smallest absolute Gasteiger partial charge is 0.341 e. The molecule has 0 radical (unpaired) electrons. The molecule has 186 valence electrons. The van der Waals surface area contributed by atoms with E-state index in [1.807, 2.05) is 91.0 Å². The predicted molar refractivity (Wildman–Crippen MR) is 139 cm³/mol. The number of ether oxygens (including phenoxy) is 1. The van der Waals surface area contributed by atoms with Crippen LogP contribution >= 0.6 is 0 Å². The van der Waals surface area contributed by atoms with Crippen molar-refractivity contribution in [3.63, 3.8) is 0 Å². The monoisotopic (exact) mass is 494 g/mol. The zero-order chi connectivity index (χ0) is 25.9. The number of pyridine rings is 1. The lowest BCUT2D eigenvalue weighted by atomic mass is 9.83. The van der Waals surface area contributed by atoms with Crippen molar-refractivity contribution in [2.75, 3.05) is 13.6 Å². The molecule has 1 aromatic heterocycles. The Labute approximate surface area is 214 Å². The number of aromatic carboxylic acids is 1. The van der Waals surface area contributed by atoms with Crippen molar-refractivity contribution in [1.82, 2.24) is 9.47 Å². The van der Waals surface area contributed by atoms with Crippen LogP contribution in [0.5, 0.6) is 5.75 Å². The van der Waals surface area contributed by atoms with Crippen LogP contribution in [0.2, 0.25) is 0 Å². The Balaban J connectivity index is 1.72. The van der Waals surface area contributed by atoms with Gasteiger partial charge in [-0.3, -0.25) is 9.59 Å². The molecule has 1 atom stereocenters. The van der Waals surface area contributed by atoms with Crippen LogP contribution in [0.4, 0.5) is 0 Å². The number of hydrogen-bond donors (Lipinski definition) is 1. The second-order valence-corrected chi connectivity index (χ2v) is 9.09. The van der Waals surface area contributed by atoms with Gasteiger partial charge in [-0.15, -0.1) is 0 Å². The van der Waals surface area contributed by atoms with Gasteiger partial charge in [0.15, 0.2) is 11.4 Å². The Kier molecular flexibility index (Phi) is 6.60. The molecule has 0 spiro atoms. The zero-order valence-corrected chi connectivity index (χ0v) is 20.3. The van der Waals surface area contributed by atoms with Crippen LogP contribution in [-0.2, 0) is 6.61 Å². The molecule has 1 amide bonds. The molecule has 7 nitrogen and oxygen atoms in total. The SMILES string of the molecule is CN1C[C@H](C(c2ccccc2)c2ccccc2)n2cc(C(=O)O)c(=O)c(OCc3ccccc3)c2C1=O. The zero-order valence-electron chi connectivity index (χ0n) is 20.3. The molecule has 37 heavy (non-hydrogen) atoms. The van der Waals surface area contributed by atoms with Gasteiger partial charge in [0.25, 0.3) is 5.91 Å². The normalized spacial score (nSPS) is 14.9. The summed E-state index contributed by atoms with van der Waals surface area (Å²) in [6.07, 6.45) is 1.30. The third-order valence-corrected chi connectivity index (χ3v) is 6.72. The third kappa shape index (κ3) is 4.63. The number of carboxylic acid groups (broad SMARTS) is 1. The first-order valence-electron chi connectivity index (χ1n) is 12.0. The van der Waals surface area contributed by atoms with Crippen LogP contribution in [0.1, 0.15) is 49.5 Å². The van der Waals surface area contributed by atoms with Gasteiger partial charge in [-0.1, -0.05) is 91.0 Å². The van der Waals surface area contributed by atoms with E-state index in [0.29, 0.717) is 6.54 Å². The summed E-state index contributed by atoms with van der Waals surface area (Å²) in [4.78, 5) is 40.4. The maximum Gasteiger partial charge on any atom is 0.341 e. The second kappa shape index (κ2) is 10.1. The fourth-order valence-electron chi connectivity index (χ4n) is 4.95. The molecule has 0 bridgehead atoms. The fraction of sp³-hybridized carbons (Fsp3) is 0.167. The van der Waals surface area contributed by atoms with Crippen molar-refractivity contribution in [1.29, 1.82) is 0 Å². The van der Waals surface area contributed by atoms with Crippen LogP contribution in [0.25, 0.3) is 0 Å². The van der Waals surface area contributed by atoms with Crippen molar-refractivity contribution in [3.8, 4) is 5.75 Å². The summed E-state index contributed by atoms with van der Waals surface area (Å²) in [5.41, 5.74) is 1.62. The lowest BCUT2D eigenvalue weighted by Gasteiger charge is -2.39. The maximum absolute atomic E-state index is 13.5. The lowest BCUT2D eigenvalue weighted by Crippen LogP contribution is -2.45. The number of rotatable bonds is 7. The molecule has 0 fully saturated rings. The summed E-state index contributed by atoms with van der Waals surface area (Å²) >= 11 is 0. The number of fused-ring (bicyclic) bond motifs is 1. The van der Waals surface area contributed by atoms with Gasteiger partial charge in [0.1, 0.15) is 12.2 Å². The highest BCUT2D eigenvalue weighted by Gasteiger charge is 2.39. The summed E-state index contributed by atoms with van der Waals surface area (Å²) < 4.78 is 7.56. The molecular weight excluding hydrogens is 468 g/mol. The first-order valence-corrected chi connectivity index (χ1v) is 12.0. The number of hydrogen-bond acceptors (Lipinski definition) is 4. The van der Waals surface area contributed by atoms with Gasteiger partial charge in [0.2, 0.25) is 5.43 Å². The van der Waals surface area contributed by atoms with Crippen molar-refractivity contribution in [3.05, 3.63) is 135 Å². The number of aromatic nitrogens is 1. The highest BCUT2D eigenvalue weighted by Crippen LogP contribution is 2.40. The van der Waals surface area contributed by atoms with Crippen LogP contribution in [0.3, 0.4) is 0 Å². The van der Waals surface area contributed by atoms with E-state index in [2.05, 4.69) is 0 Å². The molecule has 1 N–H and O–H groups in total. The Morgan fingerprint density at radius 3 is 2.00 bits per heavy atom. The van der Waals surface area contributed by atoms with Crippen LogP contribution in [-0.4, -0.2) is 40.0 Å². The topological polar surface area (TPSA) is 88.8 Å². The van der Waals surface area contributed by atoms with Gasteiger partial charge >= 0.3 is 5.97 Å². The molecule has 3 aromatic carbocycles. The molecule has 2 heterocycles. The summed E-state index contributed by atoms with van der Waals surface area (Å²) in [6, 6.07) is 28.6. The minimum absolute atomic E-state index is 0.0224. The van der Waals surface area contributed by atoms with Crippen LogP contribution in [0.15, 0.2) is 102 Å². The number of benzene rings is 3. The van der Waals surface area contributed by atoms with E-state index in [1.54, 1.807) is 16.5 Å². The van der Waals surface area contributed by atoms with E-state index in [9.17, 15) is 19.5 Å². The molecule has 1 aliphatic heterocycles. The highest BCUT2D eigenvalue weighted by atomic mass is 16.5. The number of nitrogens with zero attached hydrogens (tertiary/aromatic N) is 2. The first kappa shape index (κ1) is 24.1. The summed E-state index contributed by atoms with van der Waals surface area (Å²) in [6.45, 7) is 0.342. The van der Waals surface area contributed by atoms with Gasteiger partial charge in [-0.05, 0) is 16.7 Å². The molecular formula is C30H26N2O5. The summed E-state index contributed by atoms with van der Waals surface area (Å²) in [5.74, 6) is -2.23. The lowest BCUT2D eigenvalue weighted by molar-refractivity contribution is 0.0667. The van der Waals surface area contributed by atoms with E-state index in [4.69, 9.17) is 4.74 Å². The molecule has 0 saturated carbocycles. The standard InChI is InChI=1S/C30H26N2O5/c1-31-18-24(25(21-13-7-3-8-14-21)22-15-9-4-10-16-22)32-17-23(30(35)36)27(33)28(26(32)29(31)34)37-19-20-11-5-2-6-12-20/h2-17,24-25H,18-19H2,1H3,(H,35,36)/t24-/m1/s1. The number of carboxylic acids is 1. The molecule has 0 saturated heterocycles. The molecule has 1 aliphatic rings. The van der Waals surface area contributed by atoms with Crippen molar-refractivity contribution < 1.29 is 19.4 Å². The van der Waals surface area contributed by atoms with Gasteiger partial charge in [-0.2, -0.15) is 0 Å².